The maximum absolute atomic E-state index is 12.9. The number of rotatable bonds is 7. The lowest BCUT2D eigenvalue weighted by molar-refractivity contribution is -0.137. The van der Waals surface area contributed by atoms with Gasteiger partial charge in [-0.1, -0.05) is 44.2 Å². The smallest absolute Gasteiger partial charge is 0.318 e. The zero-order chi connectivity index (χ0) is 19.4. The number of nitrogens with one attached hydrogen (secondary N) is 1. The molecule has 2 fully saturated rings. The van der Waals surface area contributed by atoms with E-state index in [0.29, 0.717) is 19.4 Å². The third-order valence-corrected chi connectivity index (χ3v) is 5.65. The SMILES string of the molecule is CC1(C)CN(C(=O)NC(CCC(=O)O)Cc2ccccc2)C1C1CCCO1. The van der Waals surface area contributed by atoms with Crippen LogP contribution in [-0.4, -0.2) is 53.3 Å². The van der Waals surface area contributed by atoms with Gasteiger partial charge in [-0.05, 0) is 31.2 Å². The number of likely N-dealkylation sites (tertiary alicyclic amines) is 1. The first-order chi connectivity index (χ1) is 12.9. The Morgan fingerprint density at radius 1 is 1.33 bits per heavy atom. The van der Waals surface area contributed by atoms with Gasteiger partial charge in [-0.15, -0.1) is 0 Å². The highest BCUT2D eigenvalue weighted by Crippen LogP contribution is 2.42. The van der Waals surface area contributed by atoms with Crippen LogP contribution in [0.4, 0.5) is 4.79 Å². The van der Waals surface area contributed by atoms with E-state index >= 15 is 0 Å². The second-order valence-electron chi connectivity index (χ2n) is 8.38. The van der Waals surface area contributed by atoms with Crippen molar-refractivity contribution in [2.24, 2.45) is 5.41 Å². The van der Waals surface area contributed by atoms with Gasteiger partial charge < -0.3 is 20.1 Å². The van der Waals surface area contributed by atoms with E-state index in [0.717, 1.165) is 25.0 Å². The van der Waals surface area contributed by atoms with Gasteiger partial charge in [0.05, 0.1) is 12.1 Å². The minimum atomic E-state index is -0.843. The number of benzene rings is 1. The van der Waals surface area contributed by atoms with Crippen molar-refractivity contribution in [3.63, 3.8) is 0 Å². The van der Waals surface area contributed by atoms with Crippen LogP contribution in [0.1, 0.15) is 45.1 Å². The van der Waals surface area contributed by atoms with E-state index in [1.807, 2.05) is 35.2 Å². The molecule has 27 heavy (non-hydrogen) atoms. The van der Waals surface area contributed by atoms with Gasteiger partial charge >= 0.3 is 12.0 Å². The molecule has 3 unspecified atom stereocenters. The first-order valence-electron chi connectivity index (χ1n) is 9.81. The zero-order valence-corrected chi connectivity index (χ0v) is 16.2. The van der Waals surface area contributed by atoms with Crippen molar-refractivity contribution in [3.05, 3.63) is 35.9 Å². The summed E-state index contributed by atoms with van der Waals surface area (Å²) in [5, 5.41) is 12.1. The van der Waals surface area contributed by atoms with Crippen molar-refractivity contribution >= 4 is 12.0 Å². The molecule has 2 N–H and O–H groups in total. The Kier molecular flexibility index (Phi) is 6.05. The first kappa shape index (κ1) is 19.7. The minimum absolute atomic E-state index is 0.0401. The molecular weight excluding hydrogens is 344 g/mol. The number of hydrogen-bond acceptors (Lipinski definition) is 3. The van der Waals surface area contributed by atoms with E-state index in [1.165, 1.54) is 0 Å². The van der Waals surface area contributed by atoms with Gasteiger partial charge in [-0.2, -0.15) is 0 Å². The zero-order valence-electron chi connectivity index (χ0n) is 16.2. The molecule has 0 aromatic heterocycles. The second-order valence-corrected chi connectivity index (χ2v) is 8.38. The fourth-order valence-corrected chi connectivity index (χ4v) is 4.37. The van der Waals surface area contributed by atoms with Crippen LogP contribution in [-0.2, 0) is 16.0 Å². The number of amides is 2. The quantitative estimate of drug-likeness (QED) is 0.769. The van der Waals surface area contributed by atoms with E-state index < -0.39 is 5.97 Å². The van der Waals surface area contributed by atoms with E-state index in [1.54, 1.807) is 0 Å². The topological polar surface area (TPSA) is 78.9 Å². The summed E-state index contributed by atoms with van der Waals surface area (Å²) in [4.78, 5) is 25.8. The molecule has 3 rings (SSSR count). The fourth-order valence-electron chi connectivity index (χ4n) is 4.37. The molecule has 2 aliphatic rings. The maximum atomic E-state index is 12.9. The molecule has 2 heterocycles. The Hall–Kier alpha value is -2.08. The Balaban J connectivity index is 1.64. The van der Waals surface area contributed by atoms with Crippen LogP contribution < -0.4 is 5.32 Å². The Bertz CT molecular complexity index is 655. The van der Waals surface area contributed by atoms with Crippen molar-refractivity contribution in [2.45, 2.75) is 64.1 Å². The maximum Gasteiger partial charge on any atom is 0.318 e. The number of ether oxygens (including phenoxy) is 1. The van der Waals surface area contributed by atoms with Gasteiger partial charge in [0, 0.05) is 31.0 Å². The van der Waals surface area contributed by atoms with E-state index in [2.05, 4.69) is 19.2 Å². The Labute approximate surface area is 160 Å². The van der Waals surface area contributed by atoms with E-state index in [4.69, 9.17) is 9.84 Å². The molecule has 0 spiro atoms. The molecule has 2 aliphatic heterocycles. The van der Waals surface area contributed by atoms with Crippen LogP contribution in [0.15, 0.2) is 30.3 Å². The lowest BCUT2D eigenvalue weighted by Crippen LogP contribution is -2.70. The third kappa shape index (κ3) is 4.80. The molecular formula is C21H30N2O4. The predicted octanol–water partition coefficient (Wildman–Crippen LogP) is 3.06. The number of urea groups is 1. The van der Waals surface area contributed by atoms with Crippen LogP contribution in [0.2, 0.25) is 0 Å². The molecule has 0 aliphatic carbocycles. The first-order valence-corrected chi connectivity index (χ1v) is 9.81. The molecule has 1 aromatic rings. The van der Waals surface area contributed by atoms with Crippen LogP contribution in [0.3, 0.4) is 0 Å². The summed E-state index contributed by atoms with van der Waals surface area (Å²) >= 11 is 0. The molecule has 148 valence electrons. The largest absolute Gasteiger partial charge is 0.481 e. The standard InChI is InChI=1S/C21H30N2O4/c1-21(2)14-23(19(21)17-9-6-12-27-17)20(26)22-16(10-11-18(24)25)13-15-7-4-3-5-8-15/h3-5,7-8,16-17,19H,6,9-14H2,1-2H3,(H,22,26)(H,24,25). The van der Waals surface area contributed by atoms with Crippen molar-refractivity contribution in [2.75, 3.05) is 13.2 Å². The highest BCUT2D eigenvalue weighted by atomic mass is 16.5. The number of nitrogens with zero attached hydrogens (tertiary/aromatic N) is 1. The fraction of sp³-hybridized carbons (Fsp3) is 0.619. The van der Waals surface area contributed by atoms with Crippen molar-refractivity contribution in [1.29, 1.82) is 0 Å². The second kappa shape index (κ2) is 8.30. The number of carboxylic acid groups (broad SMARTS) is 1. The van der Waals surface area contributed by atoms with Crippen LogP contribution in [0.25, 0.3) is 0 Å². The normalized spacial score (nSPS) is 24.9. The van der Waals surface area contributed by atoms with Crippen molar-refractivity contribution in [3.8, 4) is 0 Å². The van der Waals surface area contributed by atoms with Crippen molar-refractivity contribution in [1.82, 2.24) is 10.2 Å². The van der Waals surface area contributed by atoms with Gasteiger partial charge in [0.1, 0.15) is 0 Å². The van der Waals surface area contributed by atoms with Gasteiger partial charge in [-0.25, -0.2) is 4.79 Å². The number of carbonyl (C=O) groups excluding carboxylic acids is 1. The number of hydrogen-bond donors (Lipinski definition) is 2. The Morgan fingerprint density at radius 3 is 2.67 bits per heavy atom. The van der Waals surface area contributed by atoms with Crippen molar-refractivity contribution < 1.29 is 19.4 Å². The molecule has 6 nitrogen and oxygen atoms in total. The van der Waals surface area contributed by atoms with Gasteiger partial charge in [0.2, 0.25) is 0 Å². The summed E-state index contributed by atoms with van der Waals surface area (Å²) in [6.45, 7) is 5.81. The monoisotopic (exact) mass is 374 g/mol. The molecule has 3 atom stereocenters. The van der Waals surface area contributed by atoms with Crippen LogP contribution in [0.5, 0.6) is 0 Å². The van der Waals surface area contributed by atoms with Gasteiger partial charge in [-0.3, -0.25) is 4.79 Å². The highest BCUT2D eigenvalue weighted by Gasteiger charge is 2.53. The molecule has 0 saturated carbocycles. The Morgan fingerprint density at radius 2 is 2.07 bits per heavy atom. The van der Waals surface area contributed by atoms with Gasteiger partial charge in [0.15, 0.2) is 0 Å². The lowest BCUT2D eigenvalue weighted by atomic mass is 9.72. The van der Waals surface area contributed by atoms with E-state index in [-0.39, 0.29) is 36.1 Å². The number of carboxylic acids is 1. The number of carbonyl (C=O) groups is 2. The molecule has 2 saturated heterocycles. The minimum Gasteiger partial charge on any atom is -0.481 e. The summed E-state index contributed by atoms with van der Waals surface area (Å²) in [5.74, 6) is -0.843. The highest BCUT2D eigenvalue weighted by molar-refractivity contribution is 5.76. The van der Waals surface area contributed by atoms with Gasteiger partial charge in [0.25, 0.3) is 0 Å². The molecule has 2 amide bonds. The lowest BCUT2D eigenvalue weighted by Gasteiger charge is -2.56. The third-order valence-electron chi connectivity index (χ3n) is 5.65. The van der Waals surface area contributed by atoms with E-state index in [9.17, 15) is 9.59 Å². The molecule has 0 bridgehead atoms. The molecule has 0 radical (unpaired) electrons. The molecule has 1 aromatic carbocycles. The summed E-state index contributed by atoms with van der Waals surface area (Å²) in [6.07, 6.45) is 3.22. The summed E-state index contributed by atoms with van der Waals surface area (Å²) < 4.78 is 5.85. The predicted molar refractivity (Wildman–Crippen MR) is 103 cm³/mol. The summed E-state index contributed by atoms with van der Waals surface area (Å²) in [5.41, 5.74) is 1.13. The average molecular weight is 374 g/mol. The average Bonchev–Trinajstić information content (AvgIpc) is 3.12. The summed E-state index contributed by atoms with van der Waals surface area (Å²) in [6, 6.07) is 9.63. The number of aliphatic carboxylic acids is 1. The van der Waals surface area contributed by atoms with Crippen LogP contribution >= 0.6 is 0 Å². The summed E-state index contributed by atoms with van der Waals surface area (Å²) in [7, 11) is 0. The molecule has 6 heteroatoms. The van der Waals surface area contributed by atoms with Crippen LogP contribution in [0, 0.1) is 5.41 Å².